The molecule has 13 heavy (non-hydrogen) atoms. The Balaban J connectivity index is 0.00000144. The molecule has 6 heteroatoms. The number of halogens is 1. The first-order valence-electron chi connectivity index (χ1n) is 3.10. The van der Waals surface area contributed by atoms with Gasteiger partial charge < -0.3 is 9.67 Å². The Hall–Kier alpha value is 0.130. The molecule has 0 N–H and O–H groups in total. The molecule has 0 aromatic carbocycles. The number of pyridine rings is 1. The van der Waals surface area contributed by atoms with Gasteiger partial charge in [0.25, 0.3) is 5.56 Å². The van der Waals surface area contributed by atoms with Crippen LogP contribution in [0.3, 0.4) is 0 Å². The van der Waals surface area contributed by atoms with Crippen molar-refractivity contribution in [2.24, 2.45) is 7.05 Å². The maximum Gasteiger partial charge on any atom is 1.00 e. The molecule has 3 nitrogen and oxygen atoms in total. The third kappa shape index (κ3) is 2.79. The number of aromatic nitrogens is 1. The van der Waals surface area contributed by atoms with Gasteiger partial charge in [-0.3, -0.25) is 4.79 Å². The SMILES string of the molecule is Cn1ccc(C([O-])=S)c(Cl)c1=O.[Na+]. The molecule has 0 bridgehead atoms. The van der Waals surface area contributed by atoms with Crippen LogP contribution in [0.4, 0.5) is 0 Å². The summed E-state index contributed by atoms with van der Waals surface area (Å²) in [6, 6.07) is 1.43. The summed E-state index contributed by atoms with van der Waals surface area (Å²) >= 11 is 9.94. The van der Waals surface area contributed by atoms with Crippen LogP contribution in [-0.4, -0.2) is 9.62 Å². The fourth-order valence-electron chi connectivity index (χ4n) is 0.755. The van der Waals surface area contributed by atoms with Crippen LogP contribution in [0.1, 0.15) is 5.56 Å². The van der Waals surface area contributed by atoms with E-state index in [0.717, 1.165) is 0 Å². The van der Waals surface area contributed by atoms with Crippen LogP contribution in [0, 0.1) is 0 Å². The van der Waals surface area contributed by atoms with Gasteiger partial charge in [-0.1, -0.05) is 23.8 Å². The molecule has 0 aliphatic rings. The van der Waals surface area contributed by atoms with Crippen LogP contribution in [0.15, 0.2) is 17.1 Å². The van der Waals surface area contributed by atoms with Crippen molar-refractivity contribution >= 4 is 28.9 Å². The second kappa shape index (κ2) is 5.12. The van der Waals surface area contributed by atoms with E-state index in [1.54, 1.807) is 7.05 Å². The molecule has 64 valence electrons. The average Bonchev–Trinajstić information content (AvgIpc) is 2.00. The minimum Gasteiger partial charge on any atom is -0.864 e. The molecule has 1 aromatic heterocycles. The van der Waals surface area contributed by atoms with Crippen LogP contribution in [-0.2, 0) is 7.05 Å². The number of hydrogen-bond donors (Lipinski definition) is 0. The van der Waals surface area contributed by atoms with E-state index >= 15 is 0 Å². The minimum atomic E-state index is -0.613. The largest absolute Gasteiger partial charge is 1.00 e. The van der Waals surface area contributed by atoms with Gasteiger partial charge in [-0.05, 0) is 11.1 Å². The molecule has 0 amide bonds. The van der Waals surface area contributed by atoms with Crippen molar-refractivity contribution in [2.45, 2.75) is 0 Å². The number of nitrogens with zero attached hydrogens (tertiary/aromatic N) is 1. The van der Waals surface area contributed by atoms with Gasteiger partial charge in [0.05, 0.1) is 0 Å². The van der Waals surface area contributed by atoms with Gasteiger partial charge in [0.15, 0.2) is 0 Å². The quantitative estimate of drug-likeness (QED) is 0.380. The predicted octanol–water partition coefficient (Wildman–Crippen LogP) is -2.92. The van der Waals surface area contributed by atoms with Crippen LogP contribution in [0.2, 0.25) is 5.02 Å². The Labute approximate surface area is 108 Å². The van der Waals surface area contributed by atoms with Crippen molar-refractivity contribution < 1.29 is 34.7 Å². The van der Waals surface area contributed by atoms with Crippen LogP contribution in [0.5, 0.6) is 0 Å². The Bertz CT molecular complexity index is 391. The molecule has 0 saturated heterocycles. The summed E-state index contributed by atoms with van der Waals surface area (Å²) in [5, 5.41) is 9.99. The molecule has 0 radical (unpaired) electrons. The van der Waals surface area contributed by atoms with E-state index in [1.807, 2.05) is 0 Å². The van der Waals surface area contributed by atoms with E-state index in [-0.39, 0.29) is 40.1 Å². The molecule has 0 aliphatic heterocycles. The summed E-state index contributed by atoms with van der Waals surface area (Å²) in [7, 11) is 1.55. The zero-order chi connectivity index (χ0) is 9.30. The van der Waals surface area contributed by atoms with Gasteiger partial charge in [0, 0.05) is 18.8 Å². The van der Waals surface area contributed by atoms with Crippen molar-refractivity contribution in [3.8, 4) is 0 Å². The van der Waals surface area contributed by atoms with Crippen molar-refractivity contribution in [1.82, 2.24) is 4.57 Å². The molecule has 0 saturated carbocycles. The molecule has 0 fully saturated rings. The van der Waals surface area contributed by atoms with Gasteiger partial charge in [0.2, 0.25) is 0 Å². The van der Waals surface area contributed by atoms with Gasteiger partial charge in [-0.15, -0.1) is 0 Å². The smallest absolute Gasteiger partial charge is 0.864 e. The second-order valence-electron chi connectivity index (χ2n) is 2.25. The van der Waals surface area contributed by atoms with Crippen molar-refractivity contribution in [1.29, 1.82) is 0 Å². The molecular weight excluding hydrogens is 221 g/mol. The topological polar surface area (TPSA) is 45.1 Å². The van der Waals surface area contributed by atoms with Crippen molar-refractivity contribution in [2.75, 3.05) is 0 Å². The normalized spacial score (nSPS) is 9.08. The third-order valence-corrected chi connectivity index (χ3v) is 2.01. The van der Waals surface area contributed by atoms with E-state index < -0.39 is 10.6 Å². The van der Waals surface area contributed by atoms with E-state index in [2.05, 4.69) is 12.2 Å². The summed E-state index contributed by atoms with van der Waals surface area (Å²) in [6.45, 7) is 0. The summed E-state index contributed by atoms with van der Waals surface area (Å²) in [5.74, 6) is 0. The van der Waals surface area contributed by atoms with Crippen molar-refractivity contribution in [3.63, 3.8) is 0 Å². The van der Waals surface area contributed by atoms with Gasteiger partial charge in [-0.25, -0.2) is 0 Å². The molecule has 1 rings (SSSR count). The Morgan fingerprint density at radius 2 is 2.23 bits per heavy atom. The van der Waals surface area contributed by atoms with Gasteiger partial charge >= 0.3 is 29.6 Å². The summed E-state index contributed by atoms with van der Waals surface area (Å²) in [4.78, 5) is 11.1. The maximum atomic E-state index is 11.1. The fourth-order valence-corrected chi connectivity index (χ4v) is 1.26. The first kappa shape index (κ1) is 13.1. The molecular formula is C7H5ClNNaO2S. The maximum absolute atomic E-state index is 11.1. The number of thiocarbonyl (C=S) groups is 1. The zero-order valence-corrected chi connectivity index (χ0v) is 10.8. The predicted molar refractivity (Wildman–Crippen MR) is 48.4 cm³/mol. The Morgan fingerprint density at radius 3 is 2.69 bits per heavy atom. The molecule has 1 heterocycles. The van der Waals surface area contributed by atoms with Crippen LogP contribution >= 0.6 is 23.8 Å². The van der Waals surface area contributed by atoms with E-state index in [4.69, 9.17) is 11.6 Å². The number of rotatable bonds is 1. The molecule has 0 aliphatic carbocycles. The third-order valence-electron chi connectivity index (χ3n) is 1.43. The van der Waals surface area contributed by atoms with Gasteiger partial charge in [-0.2, -0.15) is 0 Å². The van der Waals surface area contributed by atoms with Crippen LogP contribution in [0.25, 0.3) is 0 Å². The first-order valence-corrected chi connectivity index (χ1v) is 3.89. The summed E-state index contributed by atoms with van der Waals surface area (Å²) < 4.78 is 1.28. The monoisotopic (exact) mass is 225 g/mol. The van der Waals surface area contributed by atoms with E-state index in [1.165, 1.54) is 16.8 Å². The summed E-state index contributed by atoms with van der Waals surface area (Å²) in [5.41, 5.74) is -0.317. The average molecular weight is 226 g/mol. The first-order chi connectivity index (χ1) is 5.54. The molecule has 0 unspecified atom stereocenters. The zero-order valence-electron chi connectivity index (χ0n) is 7.20. The van der Waals surface area contributed by atoms with E-state index in [0.29, 0.717) is 0 Å². The standard InChI is InChI=1S/C7H6ClNO2S.Na/c1-9-3-2-4(7(11)12)5(8)6(9)10;/h2-3H,1H3,(H,11,12);/q;+1/p-1. The Morgan fingerprint density at radius 1 is 1.69 bits per heavy atom. The van der Waals surface area contributed by atoms with E-state index in [9.17, 15) is 9.90 Å². The molecule has 0 atom stereocenters. The second-order valence-corrected chi connectivity index (χ2v) is 3.00. The summed E-state index contributed by atoms with van der Waals surface area (Å²) in [6.07, 6.45) is 1.45. The minimum absolute atomic E-state index is 0. The fraction of sp³-hybridized carbons (Fsp3) is 0.143. The van der Waals surface area contributed by atoms with Crippen molar-refractivity contribution in [3.05, 3.63) is 33.2 Å². The van der Waals surface area contributed by atoms with Crippen LogP contribution < -0.4 is 40.2 Å². The molecule has 1 aromatic rings. The molecule has 0 spiro atoms. The number of aryl methyl sites for hydroxylation is 1. The number of hydrogen-bond acceptors (Lipinski definition) is 3. The Kier molecular flexibility index (Phi) is 5.17. The van der Waals surface area contributed by atoms with Gasteiger partial charge in [0.1, 0.15) is 5.02 Å².